The van der Waals surface area contributed by atoms with Crippen molar-refractivity contribution in [1.29, 1.82) is 0 Å². The van der Waals surface area contributed by atoms with Crippen LogP contribution < -0.4 is 14.8 Å². The molecule has 0 amide bonds. The highest BCUT2D eigenvalue weighted by atomic mass is 19.1. The molecule has 38 heavy (non-hydrogen) atoms. The van der Waals surface area contributed by atoms with Gasteiger partial charge in [-0.05, 0) is 31.5 Å². The number of anilines is 2. The molecule has 0 aliphatic rings. The van der Waals surface area contributed by atoms with E-state index in [-0.39, 0.29) is 11.3 Å². The highest BCUT2D eigenvalue weighted by Crippen LogP contribution is 2.36. The molecular weight excluding hydrogens is 490 g/mol. The van der Waals surface area contributed by atoms with E-state index in [4.69, 9.17) is 14.6 Å². The van der Waals surface area contributed by atoms with Crippen molar-refractivity contribution in [3.8, 4) is 23.0 Å². The molecule has 3 heterocycles. The minimum Gasteiger partial charge on any atom is -0.494 e. The summed E-state index contributed by atoms with van der Waals surface area (Å²) >= 11 is 0. The summed E-state index contributed by atoms with van der Waals surface area (Å²) in [5, 5.41) is 8.77. The van der Waals surface area contributed by atoms with Crippen LogP contribution >= 0.6 is 0 Å². The number of ether oxygens (including phenoxy) is 2. The largest absolute Gasteiger partial charge is 0.494 e. The van der Waals surface area contributed by atoms with Gasteiger partial charge in [0.25, 0.3) is 0 Å². The number of benzene rings is 2. The fourth-order valence-corrected chi connectivity index (χ4v) is 4.42. The molecular formula is C28H26F2N6O2. The SMILES string of the molecule is CCOc1cc(F)c([C@@H](CC)n2nc(-c3ncc(OC)c(Nc4ccncc4)n3)c3ccccc32)c(F)c1. The molecule has 3 aromatic heterocycles. The first-order chi connectivity index (χ1) is 18.5. The zero-order valence-corrected chi connectivity index (χ0v) is 21.2. The molecule has 2 aromatic carbocycles. The standard InChI is InChI=1S/C28H26F2N6O2/c1-4-22(25-20(29)14-18(38-5-2)15-21(25)30)36-23-9-7-6-8-19(23)26(35-36)28-32-16-24(37-3)27(34-28)33-17-10-12-31-13-11-17/h6-16,22H,4-5H2,1-3H3,(H,31,32,33,34)/t22-/m1/s1. The molecule has 194 valence electrons. The summed E-state index contributed by atoms with van der Waals surface area (Å²) in [5.41, 5.74) is 1.87. The number of hydrogen-bond donors (Lipinski definition) is 1. The van der Waals surface area contributed by atoms with Crippen molar-refractivity contribution in [2.45, 2.75) is 26.3 Å². The van der Waals surface area contributed by atoms with Gasteiger partial charge in [-0.1, -0.05) is 25.1 Å². The number of para-hydroxylation sites is 1. The molecule has 0 fully saturated rings. The number of hydrogen-bond acceptors (Lipinski definition) is 7. The highest BCUT2D eigenvalue weighted by molar-refractivity contribution is 5.92. The van der Waals surface area contributed by atoms with E-state index in [1.165, 1.54) is 19.2 Å². The zero-order chi connectivity index (χ0) is 26.6. The summed E-state index contributed by atoms with van der Waals surface area (Å²) in [7, 11) is 1.53. The maximum atomic E-state index is 15.2. The molecule has 8 nitrogen and oxygen atoms in total. The monoisotopic (exact) mass is 516 g/mol. The van der Waals surface area contributed by atoms with Crippen molar-refractivity contribution in [3.05, 3.63) is 84.3 Å². The molecule has 0 spiro atoms. The molecule has 5 rings (SSSR count). The number of rotatable bonds is 9. The smallest absolute Gasteiger partial charge is 0.183 e. The Balaban J connectivity index is 1.63. The van der Waals surface area contributed by atoms with E-state index in [9.17, 15) is 0 Å². The van der Waals surface area contributed by atoms with Crippen LogP contribution in [0.3, 0.4) is 0 Å². The van der Waals surface area contributed by atoms with Gasteiger partial charge in [0.1, 0.15) is 23.1 Å². The number of nitrogens with zero attached hydrogens (tertiary/aromatic N) is 5. The van der Waals surface area contributed by atoms with Gasteiger partial charge in [0.2, 0.25) is 0 Å². The minimum atomic E-state index is -0.711. The van der Waals surface area contributed by atoms with Gasteiger partial charge in [0.15, 0.2) is 17.4 Å². The second-order valence-corrected chi connectivity index (χ2v) is 8.44. The Labute approximate surface area is 218 Å². The molecule has 0 radical (unpaired) electrons. The van der Waals surface area contributed by atoms with E-state index < -0.39 is 17.7 Å². The van der Waals surface area contributed by atoms with Crippen LogP contribution in [0.25, 0.3) is 22.4 Å². The minimum absolute atomic E-state index is 0.0774. The van der Waals surface area contributed by atoms with Crippen LogP contribution in [0.2, 0.25) is 0 Å². The van der Waals surface area contributed by atoms with Crippen LogP contribution in [-0.4, -0.2) is 38.4 Å². The first-order valence-corrected chi connectivity index (χ1v) is 12.2. The molecule has 0 saturated carbocycles. The lowest BCUT2D eigenvalue weighted by Gasteiger charge is -2.19. The Morgan fingerprint density at radius 1 is 1.03 bits per heavy atom. The van der Waals surface area contributed by atoms with E-state index in [2.05, 4.69) is 20.3 Å². The van der Waals surface area contributed by atoms with Crippen LogP contribution in [0, 0.1) is 11.6 Å². The summed E-state index contributed by atoms with van der Waals surface area (Å²) in [4.78, 5) is 13.2. The Morgan fingerprint density at radius 3 is 2.45 bits per heavy atom. The normalized spacial score (nSPS) is 11.9. The van der Waals surface area contributed by atoms with Crippen molar-refractivity contribution >= 4 is 22.4 Å². The molecule has 0 aliphatic carbocycles. The van der Waals surface area contributed by atoms with Gasteiger partial charge in [0.05, 0.1) is 31.5 Å². The Morgan fingerprint density at radius 2 is 1.76 bits per heavy atom. The number of aromatic nitrogens is 5. The predicted octanol–water partition coefficient (Wildman–Crippen LogP) is 6.32. The van der Waals surface area contributed by atoms with Crippen LogP contribution in [-0.2, 0) is 0 Å². The molecule has 0 bridgehead atoms. The first-order valence-electron chi connectivity index (χ1n) is 12.2. The number of nitrogens with one attached hydrogen (secondary N) is 1. The molecule has 5 aromatic rings. The Bertz CT molecular complexity index is 1550. The van der Waals surface area contributed by atoms with E-state index in [1.807, 2.05) is 31.2 Å². The number of pyridine rings is 1. The molecule has 0 aliphatic heterocycles. The highest BCUT2D eigenvalue weighted by Gasteiger charge is 2.26. The van der Waals surface area contributed by atoms with Crippen molar-refractivity contribution in [3.63, 3.8) is 0 Å². The van der Waals surface area contributed by atoms with Crippen molar-refractivity contribution in [2.75, 3.05) is 19.0 Å². The first kappa shape index (κ1) is 25.1. The third-order valence-electron chi connectivity index (χ3n) is 6.12. The average molecular weight is 517 g/mol. The lowest BCUT2D eigenvalue weighted by molar-refractivity contribution is 0.334. The van der Waals surface area contributed by atoms with Crippen LogP contribution in [0.15, 0.2) is 67.1 Å². The van der Waals surface area contributed by atoms with Gasteiger partial charge in [-0.25, -0.2) is 18.7 Å². The lowest BCUT2D eigenvalue weighted by Crippen LogP contribution is -2.15. The van der Waals surface area contributed by atoms with Gasteiger partial charge in [-0.3, -0.25) is 9.67 Å². The molecule has 0 saturated heterocycles. The molecule has 0 unspecified atom stereocenters. The Hall–Kier alpha value is -4.60. The van der Waals surface area contributed by atoms with E-state index in [0.717, 1.165) is 11.1 Å². The molecule has 1 atom stereocenters. The number of methoxy groups -OCH3 is 1. The summed E-state index contributed by atoms with van der Waals surface area (Å²) in [6.07, 6.45) is 5.28. The van der Waals surface area contributed by atoms with E-state index >= 15 is 8.78 Å². The quantitative estimate of drug-likeness (QED) is 0.245. The third-order valence-corrected chi connectivity index (χ3v) is 6.12. The number of halogens is 2. The summed E-state index contributed by atoms with van der Waals surface area (Å²) in [6.45, 7) is 3.93. The Kier molecular flexibility index (Phi) is 7.12. The van der Waals surface area contributed by atoms with Crippen LogP contribution in [0.4, 0.5) is 20.3 Å². The third kappa shape index (κ3) is 4.72. The summed E-state index contributed by atoms with van der Waals surface area (Å²) in [5.74, 6) is -0.0121. The fourth-order valence-electron chi connectivity index (χ4n) is 4.42. The van der Waals surface area contributed by atoms with Crippen LogP contribution in [0.5, 0.6) is 11.5 Å². The molecule has 1 N–H and O–H groups in total. The fraction of sp³-hybridized carbons (Fsp3) is 0.214. The second-order valence-electron chi connectivity index (χ2n) is 8.44. The van der Waals surface area contributed by atoms with Crippen molar-refractivity contribution in [2.24, 2.45) is 0 Å². The van der Waals surface area contributed by atoms with Crippen LogP contribution in [0.1, 0.15) is 31.9 Å². The van der Waals surface area contributed by atoms with Crippen molar-refractivity contribution in [1.82, 2.24) is 24.7 Å². The maximum absolute atomic E-state index is 15.2. The van der Waals surface area contributed by atoms with Gasteiger partial charge in [-0.15, -0.1) is 0 Å². The zero-order valence-electron chi connectivity index (χ0n) is 21.2. The van der Waals surface area contributed by atoms with E-state index in [1.54, 1.807) is 42.3 Å². The lowest BCUT2D eigenvalue weighted by atomic mass is 10.0. The van der Waals surface area contributed by atoms with Crippen molar-refractivity contribution < 1.29 is 18.3 Å². The predicted molar refractivity (Wildman–Crippen MR) is 141 cm³/mol. The second kappa shape index (κ2) is 10.8. The van der Waals surface area contributed by atoms with Gasteiger partial charge >= 0.3 is 0 Å². The summed E-state index contributed by atoms with van der Waals surface area (Å²) < 4.78 is 42.8. The van der Waals surface area contributed by atoms with Gasteiger partial charge in [-0.2, -0.15) is 5.10 Å². The number of fused-ring (bicyclic) bond motifs is 1. The maximum Gasteiger partial charge on any atom is 0.183 e. The van der Waals surface area contributed by atoms with Gasteiger partial charge < -0.3 is 14.8 Å². The van der Waals surface area contributed by atoms with Gasteiger partial charge in [0, 0.05) is 41.2 Å². The molecule has 10 heteroatoms. The average Bonchev–Trinajstić information content (AvgIpc) is 3.31. The van der Waals surface area contributed by atoms with E-state index in [0.29, 0.717) is 41.6 Å². The topological polar surface area (TPSA) is 87.0 Å². The summed E-state index contributed by atoms with van der Waals surface area (Å²) in [6, 6.07) is 12.8.